The summed E-state index contributed by atoms with van der Waals surface area (Å²) in [5, 5.41) is 2.00. The molecule has 1 aromatic rings. The second-order valence-electron chi connectivity index (χ2n) is 3.92. The molecule has 0 fully saturated rings. The summed E-state index contributed by atoms with van der Waals surface area (Å²) in [5.74, 6) is 0. The molecular formula is C10H15Si+. The lowest BCUT2D eigenvalue weighted by molar-refractivity contribution is 0.759. The molecule has 0 aliphatic carbocycles. The Kier molecular flexibility index (Phi) is 2.50. The van der Waals surface area contributed by atoms with Gasteiger partial charge in [0.15, 0.2) is 0 Å². The Bertz CT molecular complexity index is 208. The molecule has 0 aromatic heterocycles. The summed E-state index contributed by atoms with van der Waals surface area (Å²) in [6.45, 7) is 6.90. The molecule has 0 spiro atoms. The highest BCUT2D eigenvalue weighted by atomic mass is 28.2. The van der Waals surface area contributed by atoms with Crippen molar-refractivity contribution >= 4 is 14.7 Å². The van der Waals surface area contributed by atoms with Gasteiger partial charge in [0.25, 0.3) is 0 Å². The fourth-order valence-electron chi connectivity index (χ4n) is 1.05. The average Bonchev–Trinajstić information content (AvgIpc) is 1.85. The van der Waals surface area contributed by atoms with Crippen LogP contribution < -0.4 is 5.19 Å². The van der Waals surface area contributed by atoms with Crippen LogP contribution in [0, 0.1) is 0 Å². The van der Waals surface area contributed by atoms with Crippen molar-refractivity contribution in [1.29, 1.82) is 0 Å². The van der Waals surface area contributed by atoms with Crippen molar-refractivity contribution in [3.8, 4) is 0 Å². The molecule has 1 rings (SSSR count). The molecule has 0 atom stereocenters. The molecule has 58 valence electrons. The molecule has 0 heterocycles. The van der Waals surface area contributed by atoms with E-state index in [-0.39, 0.29) is 0 Å². The second-order valence-corrected chi connectivity index (χ2v) is 6.61. The Hall–Kier alpha value is -0.563. The minimum absolute atomic E-state index is 0.420. The normalized spacial score (nSPS) is 11.2. The van der Waals surface area contributed by atoms with E-state index in [0.717, 1.165) is 0 Å². The van der Waals surface area contributed by atoms with Crippen molar-refractivity contribution in [3.63, 3.8) is 0 Å². The summed E-state index contributed by atoms with van der Waals surface area (Å²) < 4.78 is 0. The lowest BCUT2D eigenvalue weighted by Crippen LogP contribution is -2.22. The van der Waals surface area contributed by atoms with Crippen LogP contribution in [0.4, 0.5) is 0 Å². The summed E-state index contributed by atoms with van der Waals surface area (Å²) in [7, 11) is 0.420. The number of rotatable bonds is 1. The first-order valence-corrected chi connectivity index (χ1v) is 5.14. The third kappa shape index (κ3) is 3.37. The van der Waals surface area contributed by atoms with Crippen LogP contribution >= 0.6 is 0 Å². The number of hydrogen-bond donors (Lipinski definition) is 0. The molecular weight excluding hydrogens is 148 g/mol. The Morgan fingerprint density at radius 2 is 1.55 bits per heavy atom. The summed E-state index contributed by atoms with van der Waals surface area (Å²) in [4.78, 5) is 0. The average molecular weight is 163 g/mol. The van der Waals surface area contributed by atoms with Gasteiger partial charge in [0.2, 0.25) is 0 Å². The van der Waals surface area contributed by atoms with Crippen LogP contribution in [0.5, 0.6) is 0 Å². The van der Waals surface area contributed by atoms with Gasteiger partial charge in [-0.1, -0.05) is 18.2 Å². The number of hydrogen-bond acceptors (Lipinski definition) is 0. The van der Waals surface area contributed by atoms with Gasteiger partial charge in [-0.2, -0.15) is 0 Å². The molecule has 0 amide bonds. The highest BCUT2D eigenvalue weighted by molar-refractivity contribution is 6.56. The smallest absolute Gasteiger partial charge is 0.0621 e. The van der Waals surface area contributed by atoms with Crippen molar-refractivity contribution in [2.75, 3.05) is 0 Å². The molecule has 0 nitrogen and oxygen atoms in total. The summed E-state index contributed by atoms with van der Waals surface area (Å²) >= 11 is 0. The van der Waals surface area contributed by atoms with Gasteiger partial charge >= 0.3 is 9.52 Å². The maximum Gasteiger partial charge on any atom is 0.342 e. The Morgan fingerprint density at radius 1 is 1.00 bits per heavy atom. The van der Waals surface area contributed by atoms with Crippen molar-refractivity contribution in [2.24, 2.45) is 0 Å². The summed E-state index contributed by atoms with van der Waals surface area (Å²) in [6, 6.07) is 10.8. The zero-order chi connectivity index (χ0) is 8.32. The van der Waals surface area contributed by atoms with Crippen LogP contribution in [0.15, 0.2) is 30.3 Å². The van der Waals surface area contributed by atoms with E-state index in [4.69, 9.17) is 0 Å². The Morgan fingerprint density at radius 3 is 2.00 bits per heavy atom. The maximum absolute atomic E-state index is 2.30. The topological polar surface area (TPSA) is 0 Å². The van der Waals surface area contributed by atoms with E-state index < -0.39 is 0 Å². The van der Waals surface area contributed by atoms with Crippen LogP contribution in [-0.2, 0) is 0 Å². The summed E-state index contributed by atoms with van der Waals surface area (Å²) in [5.41, 5.74) is 0. The molecule has 0 aliphatic rings. The highest BCUT2D eigenvalue weighted by Gasteiger charge is 2.24. The third-order valence-electron chi connectivity index (χ3n) is 1.40. The first-order chi connectivity index (χ1) is 5.08. The van der Waals surface area contributed by atoms with Crippen molar-refractivity contribution in [3.05, 3.63) is 30.3 Å². The van der Waals surface area contributed by atoms with E-state index in [1.807, 2.05) is 0 Å². The predicted molar refractivity (Wildman–Crippen MR) is 52.9 cm³/mol. The molecule has 0 bridgehead atoms. The van der Waals surface area contributed by atoms with Gasteiger partial charge in [-0.3, -0.25) is 0 Å². The second kappa shape index (κ2) is 3.22. The lowest BCUT2D eigenvalue weighted by Gasteiger charge is -2.04. The SMILES string of the molecule is CC(C)(C)[SiH+]c1ccccc1. The highest BCUT2D eigenvalue weighted by Crippen LogP contribution is 2.19. The van der Waals surface area contributed by atoms with Crippen LogP contribution in [-0.4, -0.2) is 9.52 Å². The Balaban J connectivity index is 2.66. The standard InChI is InChI=1S/C10H15Si/c1-10(2,3)11-9-7-5-4-6-8-9/h4-8,11H,1-3H3/q+1. The summed E-state index contributed by atoms with van der Waals surface area (Å²) in [6.07, 6.45) is 0. The molecule has 0 radical (unpaired) electrons. The first-order valence-electron chi connectivity index (χ1n) is 3.99. The molecule has 0 aliphatic heterocycles. The van der Waals surface area contributed by atoms with E-state index in [1.54, 1.807) is 0 Å². The molecule has 0 saturated carbocycles. The fraction of sp³-hybridized carbons (Fsp3) is 0.400. The Labute approximate surface area is 71.5 Å². The van der Waals surface area contributed by atoms with Gasteiger partial charge < -0.3 is 0 Å². The minimum atomic E-state index is 0.420. The lowest BCUT2D eigenvalue weighted by atomic mass is 10.2. The molecule has 0 saturated heterocycles. The monoisotopic (exact) mass is 163 g/mol. The molecule has 0 unspecified atom stereocenters. The van der Waals surface area contributed by atoms with Gasteiger partial charge in [-0.15, -0.1) is 0 Å². The van der Waals surface area contributed by atoms with Crippen LogP contribution in [0.25, 0.3) is 0 Å². The van der Waals surface area contributed by atoms with Crippen LogP contribution in [0.2, 0.25) is 5.04 Å². The minimum Gasteiger partial charge on any atom is -0.0621 e. The van der Waals surface area contributed by atoms with E-state index >= 15 is 0 Å². The molecule has 1 heteroatoms. The van der Waals surface area contributed by atoms with E-state index in [9.17, 15) is 0 Å². The zero-order valence-electron chi connectivity index (χ0n) is 7.46. The fourth-order valence-corrected chi connectivity index (χ4v) is 2.46. The third-order valence-corrected chi connectivity index (χ3v) is 2.98. The van der Waals surface area contributed by atoms with Gasteiger partial charge in [-0.25, -0.2) is 0 Å². The van der Waals surface area contributed by atoms with Crippen LogP contribution in [0.3, 0.4) is 0 Å². The maximum atomic E-state index is 2.30. The molecule has 0 N–H and O–H groups in total. The van der Waals surface area contributed by atoms with E-state index in [0.29, 0.717) is 14.6 Å². The van der Waals surface area contributed by atoms with Gasteiger partial charge in [0, 0.05) is 0 Å². The predicted octanol–water partition coefficient (Wildman–Crippen LogP) is 1.97. The van der Waals surface area contributed by atoms with E-state index in [2.05, 4.69) is 51.1 Å². The zero-order valence-corrected chi connectivity index (χ0v) is 8.62. The van der Waals surface area contributed by atoms with Crippen molar-refractivity contribution in [2.45, 2.75) is 25.8 Å². The van der Waals surface area contributed by atoms with Gasteiger partial charge in [0.05, 0.1) is 10.2 Å². The molecule has 1 aromatic carbocycles. The number of benzene rings is 1. The largest absolute Gasteiger partial charge is 0.342 e. The van der Waals surface area contributed by atoms with Crippen LogP contribution in [0.1, 0.15) is 20.8 Å². The van der Waals surface area contributed by atoms with Gasteiger partial charge in [0.1, 0.15) is 0 Å². The van der Waals surface area contributed by atoms with E-state index in [1.165, 1.54) is 5.19 Å². The van der Waals surface area contributed by atoms with Gasteiger partial charge in [-0.05, 0) is 32.9 Å². The van der Waals surface area contributed by atoms with Crippen molar-refractivity contribution in [1.82, 2.24) is 0 Å². The quantitative estimate of drug-likeness (QED) is 0.555. The van der Waals surface area contributed by atoms with Crippen molar-refractivity contribution < 1.29 is 0 Å². The molecule has 11 heavy (non-hydrogen) atoms. The first kappa shape index (κ1) is 8.53.